The van der Waals surface area contributed by atoms with Crippen LogP contribution >= 0.6 is 12.4 Å². The molecule has 1 unspecified atom stereocenters. The van der Waals surface area contributed by atoms with Crippen LogP contribution in [-0.4, -0.2) is 55.6 Å². The van der Waals surface area contributed by atoms with E-state index in [2.05, 4.69) is 5.32 Å². The zero-order valence-corrected chi connectivity index (χ0v) is 14.7. The summed E-state index contributed by atoms with van der Waals surface area (Å²) in [5, 5.41) is 2.63. The van der Waals surface area contributed by atoms with Crippen molar-refractivity contribution in [3.63, 3.8) is 0 Å². The second-order valence-corrected chi connectivity index (χ2v) is 6.00. The molecule has 22 heavy (non-hydrogen) atoms. The van der Waals surface area contributed by atoms with Crippen LogP contribution in [0.3, 0.4) is 0 Å². The van der Waals surface area contributed by atoms with Crippen molar-refractivity contribution >= 4 is 24.2 Å². The van der Waals surface area contributed by atoms with Crippen molar-refractivity contribution in [2.24, 2.45) is 17.6 Å². The van der Waals surface area contributed by atoms with Gasteiger partial charge in [-0.05, 0) is 31.6 Å². The summed E-state index contributed by atoms with van der Waals surface area (Å²) in [4.78, 5) is 25.7. The molecule has 1 aliphatic heterocycles. The summed E-state index contributed by atoms with van der Waals surface area (Å²) in [6.45, 7) is 8.64. The molecular formula is C15H30ClN3O3. The van der Waals surface area contributed by atoms with Crippen LogP contribution in [0.15, 0.2) is 0 Å². The number of nitrogens with zero attached hydrogens (tertiary/aromatic N) is 1. The highest BCUT2D eigenvalue weighted by Crippen LogP contribution is 2.16. The number of halogens is 1. The topological polar surface area (TPSA) is 84.7 Å². The van der Waals surface area contributed by atoms with Gasteiger partial charge in [-0.2, -0.15) is 0 Å². The summed E-state index contributed by atoms with van der Waals surface area (Å²) in [5.41, 5.74) is 5.75. The Balaban J connectivity index is 0.00000441. The van der Waals surface area contributed by atoms with Crippen molar-refractivity contribution in [1.82, 2.24) is 10.2 Å². The smallest absolute Gasteiger partial charge is 0.241 e. The summed E-state index contributed by atoms with van der Waals surface area (Å²) in [5.74, 6) is 0.156. The number of carbonyl (C=O) groups is 2. The number of rotatable bonds is 7. The first-order chi connectivity index (χ1) is 9.95. The summed E-state index contributed by atoms with van der Waals surface area (Å²) < 4.78 is 5.43. The number of nitrogens with two attached hydrogens (primary N) is 1. The van der Waals surface area contributed by atoms with Crippen LogP contribution in [0.5, 0.6) is 0 Å². The minimum absolute atomic E-state index is 0. The highest BCUT2D eigenvalue weighted by atomic mass is 35.5. The summed E-state index contributed by atoms with van der Waals surface area (Å²) in [7, 11) is 0. The second-order valence-electron chi connectivity index (χ2n) is 6.00. The third kappa shape index (κ3) is 6.94. The normalized spacial score (nSPS) is 19.5. The molecular weight excluding hydrogens is 306 g/mol. The lowest BCUT2D eigenvalue weighted by Crippen LogP contribution is -2.49. The fourth-order valence-corrected chi connectivity index (χ4v) is 2.41. The van der Waals surface area contributed by atoms with Gasteiger partial charge in [-0.25, -0.2) is 0 Å². The molecule has 1 heterocycles. The van der Waals surface area contributed by atoms with Crippen LogP contribution in [0.1, 0.15) is 33.6 Å². The molecule has 2 amide bonds. The molecule has 6 nitrogen and oxygen atoms in total. The average Bonchev–Trinajstić information content (AvgIpc) is 2.49. The zero-order chi connectivity index (χ0) is 15.8. The number of hydrogen-bond acceptors (Lipinski definition) is 4. The van der Waals surface area contributed by atoms with Gasteiger partial charge in [0.15, 0.2) is 0 Å². The van der Waals surface area contributed by atoms with Crippen LogP contribution < -0.4 is 11.1 Å². The monoisotopic (exact) mass is 335 g/mol. The molecule has 1 saturated heterocycles. The van der Waals surface area contributed by atoms with Gasteiger partial charge in [-0.15, -0.1) is 12.4 Å². The standard InChI is InChI=1S/C15H29N3O3.ClH/c1-4-21-10-12-6-5-7-18(9-12)13(19)8-17-15(20)14(16)11(2)3;/h11-12,14H,4-10,16H2,1-3H3,(H,17,20);1H/t12?,14-;/m0./s1. The van der Waals surface area contributed by atoms with Crippen molar-refractivity contribution in [3.8, 4) is 0 Å². The predicted molar refractivity (Wildman–Crippen MR) is 88.9 cm³/mol. The van der Waals surface area contributed by atoms with Crippen LogP contribution in [0.2, 0.25) is 0 Å². The van der Waals surface area contributed by atoms with E-state index >= 15 is 0 Å². The van der Waals surface area contributed by atoms with Gasteiger partial charge in [0.1, 0.15) is 0 Å². The molecule has 0 spiro atoms. The number of nitrogens with one attached hydrogen (secondary N) is 1. The quantitative estimate of drug-likeness (QED) is 0.720. The van der Waals surface area contributed by atoms with Gasteiger partial charge >= 0.3 is 0 Å². The first-order valence-electron chi connectivity index (χ1n) is 7.84. The Kier molecular flexibility index (Phi) is 10.4. The predicted octanol–water partition coefficient (Wildman–Crippen LogP) is 0.783. The first kappa shape index (κ1) is 21.1. The SMILES string of the molecule is CCOCC1CCCN(C(=O)CNC(=O)[C@@H](N)C(C)C)C1.Cl. The molecule has 2 atom stereocenters. The number of ether oxygens (including phenoxy) is 1. The molecule has 0 aromatic rings. The van der Waals surface area contributed by atoms with E-state index in [1.54, 1.807) is 0 Å². The maximum Gasteiger partial charge on any atom is 0.241 e. The fourth-order valence-electron chi connectivity index (χ4n) is 2.41. The van der Waals surface area contributed by atoms with Crippen LogP contribution in [-0.2, 0) is 14.3 Å². The van der Waals surface area contributed by atoms with Crippen LogP contribution in [0.4, 0.5) is 0 Å². The molecule has 0 bridgehead atoms. The molecule has 1 fully saturated rings. The summed E-state index contributed by atoms with van der Waals surface area (Å²) in [6.07, 6.45) is 2.08. The lowest BCUT2D eigenvalue weighted by atomic mass is 9.99. The largest absolute Gasteiger partial charge is 0.381 e. The molecule has 7 heteroatoms. The molecule has 3 N–H and O–H groups in total. The third-order valence-electron chi connectivity index (χ3n) is 3.86. The van der Waals surface area contributed by atoms with Gasteiger partial charge in [-0.1, -0.05) is 13.8 Å². The van der Waals surface area contributed by atoms with E-state index in [9.17, 15) is 9.59 Å². The van der Waals surface area contributed by atoms with E-state index in [0.717, 1.165) is 19.4 Å². The highest BCUT2D eigenvalue weighted by molar-refractivity contribution is 5.87. The maximum atomic E-state index is 12.1. The van der Waals surface area contributed by atoms with Crippen molar-refractivity contribution in [2.45, 2.75) is 39.7 Å². The lowest BCUT2D eigenvalue weighted by Gasteiger charge is -2.32. The van der Waals surface area contributed by atoms with E-state index in [4.69, 9.17) is 10.5 Å². The van der Waals surface area contributed by atoms with Gasteiger partial charge in [0.25, 0.3) is 0 Å². The number of amides is 2. The Morgan fingerprint density at radius 1 is 1.41 bits per heavy atom. The Morgan fingerprint density at radius 3 is 2.68 bits per heavy atom. The second kappa shape index (κ2) is 10.8. The van der Waals surface area contributed by atoms with Gasteiger partial charge in [0, 0.05) is 19.7 Å². The Bertz CT molecular complexity index is 353. The van der Waals surface area contributed by atoms with Crippen molar-refractivity contribution < 1.29 is 14.3 Å². The van der Waals surface area contributed by atoms with Gasteiger partial charge in [-0.3, -0.25) is 9.59 Å². The third-order valence-corrected chi connectivity index (χ3v) is 3.86. The van der Waals surface area contributed by atoms with Crippen molar-refractivity contribution in [1.29, 1.82) is 0 Å². The maximum absolute atomic E-state index is 12.1. The number of likely N-dealkylation sites (tertiary alicyclic amines) is 1. The van der Waals surface area contributed by atoms with Gasteiger partial charge in [0.05, 0.1) is 19.2 Å². The Hall–Kier alpha value is -0.850. The Morgan fingerprint density at radius 2 is 2.09 bits per heavy atom. The van der Waals surface area contributed by atoms with E-state index in [1.807, 2.05) is 25.7 Å². The first-order valence-corrected chi connectivity index (χ1v) is 7.84. The van der Waals surface area contributed by atoms with Crippen molar-refractivity contribution in [2.75, 3.05) is 32.8 Å². The van der Waals surface area contributed by atoms with E-state index in [0.29, 0.717) is 25.7 Å². The minimum atomic E-state index is -0.565. The molecule has 0 aromatic carbocycles. The molecule has 0 saturated carbocycles. The van der Waals surface area contributed by atoms with Gasteiger partial charge < -0.3 is 20.7 Å². The summed E-state index contributed by atoms with van der Waals surface area (Å²) in [6, 6.07) is -0.565. The average molecular weight is 336 g/mol. The molecule has 0 radical (unpaired) electrons. The fraction of sp³-hybridized carbons (Fsp3) is 0.867. The molecule has 1 rings (SSSR count). The van der Waals surface area contributed by atoms with E-state index < -0.39 is 6.04 Å². The number of hydrogen-bond donors (Lipinski definition) is 2. The lowest BCUT2D eigenvalue weighted by molar-refractivity contribution is -0.135. The Labute approximate surface area is 139 Å². The van der Waals surface area contributed by atoms with Crippen LogP contribution in [0, 0.1) is 11.8 Å². The highest BCUT2D eigenvalue weighted by Gasteiger charge is 2.24. The molecule has 0 aromatic heterocycles. The van der Waals surface area contributed by atoms with Crippen LogP contribution in [0.25, 0.3) is 0 Å². The molecule has 1 aliphatic rings. The molecule has 0 aliphatic carbocycles. The minimum Gasteiger partial charge on any atom is -0.381 e. The summed E-state index contributed by atoms with van der Waals surface area (Å²) >= 11 is 0. The van der Waals surface area contributed by atoms with E-state index in [1.165, 1.54) is 0 Å². The number of piperidine rings is 1. The zero-order valence-electron chi connectivity index (χ0n) is 13.8. The van der Waals surface area contributed by atoms with E-state index in [-0.39, 0.29) is 36.7 Å². The van der Waals surface area contributed by atoms with Crippen molar-refractivity contribution in [3.05, 3.63) is 0 Å². The number of carbonyl (C=O) groups excluding carboxylic acids is 2. The van der Waals surface area contributed by atoms with Gasteiger partial charge in [0.2, 0.25) is 11.8 Å². The molecule has 130 valence electrons.